The van der Waals surface area contributed by atoms with Crippen LogP contribution in [0.3, 0.4) is 0 Å². The Morgan fingerprint density at radius 2 is 2.00 bits per heavy atom. The number of hydrogen-bond acceptors (Lipinski definition) is 2. The van der Waals surface area contributed by atoms with Crippen molar-refractivity contribution in [3.8, 4) is 0 Å². The average molecular weight is 398 g/mol. The number of guanidine groups is 1. The van der Waals surface area contributed by atoms with Crippen molar-refractivity contribution in [2.45, 2.75) is 19.5 Å². The number of rotatable bonds is 5. The van der Waals surface area contributed by atoms with Crippen LogP contribution in [0.2, 0.25) is 5.02 Å². The van der Waals surface area contributed by atoms with Gasteiger partial charge in [0.1, 0.15) is 0 Å². The summed E-state index contributed by atoms with van der Waals surface area (Å²) in [7, 11) is 3.43. The summed E-state index contributed by atoms with van der Waals surface area (Å²) in [4.78, 5) is 4.16. The highest BCUT2D eigenvalue weighted by molar-refractivity contribution is 14.0. The molecule has 0 aliphatic heterocycles. The van der Waals surface area contributed by atoms with Crippen molar-refractivity contribution in [1.82, 2.24) is 10.6 Å². The number of nitrogens with one attached hydrogen (secondary N) is 2. The van der Waals surface area contributed by atoms with E-state index in [1.165, 1.54) is 0 Å². The Balaban J connectivity index is 0.00000324. The van der Waals surface area contributed by atoms with Gasteiger partial charge in [0.15, 0.2) is 5.96 Å². The van der Waals surface area contributed by atoms with Gasteiger partial charge in [-0.05, 0) is 24.6 Å². The number of nitrogens with zero attached hydrogens (tertiary/aromatic N) is 1. The monoisotopic (exact) mass is 397 g/mol. The molecule has 1 aromatic rings. The van der Waals surface area contributed by atoms with Gasteiger partial charge < -0.3 is 15.4 Å². The van der Waals surface area contributed by atoms with Crippen molar-refractivity contribution in [1.29, 1.82) is 0 Å². The first kappa shape index (κ1) is 18.5. The van der Waals surface area contributed by atoms with E-state index in [2.05, 4.69) is 15.6 Å². The van der Waals surface area contributed by atoms with Crippen LogP contribution < -0.4 is 10.6 Å². The zero-order valence-corrected chi connectivity index (χ0v) is 14.5. The lowest BCUT2D eigenvalue weighted by atomic mass is 10.2. The molecule has 0 amide bonds. The maximum absolute atomic E-state index is 5.83. The molecule has 0 aromatic heterocycles. The normalized spacial score (nSPS) is 12.5. The molecular formula is C13H21ClIN3O. The average Bonchev–Trinajstić information content (AvgIpc) is 2.36. The second kappa shape index (κ2) is 10.3. The number of benzene rings is 1. The van der Waals surface area contributed by atoms with E-state index in [-0.39, 0.29) is 30.0 Å². The van der Waals surface area contributed by atoms with Crippen LogP contribution >= 0.6 is 35.6 Å². The quantitative estimate of drug-likeness (QED) is 0.456. The highest BCUT2D eigenvalue weighted by Crippen LogP contribution is 2.08. The van der Waals surface area contributed by atoms with Gasteiger partial charge in [-0.3, -0.25) is 4.99 Å². The summed E-state index contributed by atoms with van der Waals surface area (Å²) < 4.78 is 5.07. The molecule has 108 valence electrons. The Morgan fingerprint density at radius 1 is 1.37 bits per heavy atom. The van der Waals surface area contributed by atoms with E-state index < -0.39 is 0 Å². The van der Waals surface area contributed by atoms with Crippen LogP contribution in [-0.4, -0.2) is 32.8 Å². The van der Waals surface area contributed by atoms with E-state index in [9.17, 15) is 0 Å². The van der Waals surface area contributed by atoms with Crippen LogP contribution in [-0.2, 0) is 11.3 Å². The lowest BCUT2D eigenvalue weighted by Crippen LogP contribution is -2.43. The molecule has 0 aliphatic carbocycles. The van der Waals surface area contributed by atoms with E-state index in [4.69, 9.17) is 16.3 Å². The number of aliphatic imine (C=N–C) groups is 1. The van der Waals surface area contributed by atoms with Gasteiger partial charge in [0.05, 0.1) is 6.61 Å². The summed E-state index contributed by atoms with van der Waals surface area (Å²) in [6.07, 6.45) is 0. The standard InChI is InChI=1S/C13H20ClN3O.HI/c1-10(9-18-3)17-13(15-2)16-8-11-4-6-12(14)7-5-11;/h4-7,10H,8-9H2,1-3H3,(H2,15,16,17);1H. The van der Waals surface area contributed by atoms with Gasteiger partial charge in [0.25, 0.3) is 0 Å². The molecular weight excluding hydrogens is 377 g/mol. The predicted molar refractivity (Wildman–Crippen MR) is 91.5 cm³/mol. The largest absolute Gasteiger partial charge is 0.383 e. The third-order valence-electron chi connectivity index (χ3n) is 2.40. The Bertz CT molecular complexity index is 384. The predicted octanol–water partition coefficient (Wildman–Crippen LogP) is 2.66. The maximum atomic E-state index is 5.83. The van der Waals surface area contributed by atoms with Gasteiger partial charge in [0, 0.05) is 31.8 Å². The first-order valence-corrected chi connectivity index (χ1v) is 6.24. The number of halogens is 2. The zero-order valence-electron chi connectivity index (χ0n) is 11.4. The molecule has 1 atom stereocenters. The zero-order chi connectivity index (χ0) is 13.4. The van der Waals surface area contributed by atoms with E-state index in [1.54, 1.807) is 14.2 Å². The molecule has 0 spiro atoms. The van der Waals surface area contributed by atoms with Gasteiger partial charge in [-0.15, -0.1) is 24.0 Å². The Hall–Kier alpha value is -0.530. The van der Waals surface area contributed by atoms with Crippen LogP contribution in [0.4, 0.5) is 0 Å². The van der Waals surface area contributed by atoms with Gasteiger partial charge >= 0.3 is 0 Å². The molecule has 0 saturated carbocycles. The minimum absolute atomic E-state index is 0. The van der Waals surface area contributed by atoms with Crippen LogP contribution in [0, 0.1) is 0 Å². The fourth-order valence-electron chi connectivity index (χ4n) is 1.51. The number of hydrogen-bond donors (Lipinski definition) is 2. The van der Waals surface area contributed by atoms with Gasteiger partial charge in [-0.2, -0.15) is 0 Å². The van der Waals surface area contributed by atoms with Crippen molar-refractivity contribution in [3.63, 3.8) is 0 Å². The molecule has 19 heavy (non-hydrogen) atoms. The SMILES string of the molecule is CN=C(NCc1ccc(Cl)cc1)NC(C)COC.I. The van der Waals surface area contributed by atoms with Crippen molar-refractivity contribution >= 4 is 41.5 Å². The third kappa shape index (κ3) is 7.59. The molecule has 1 aromatic carbocycles. The fraction of sp³-hybridized carbons (Fsp3) is 0.462. The van der Waals surface area contributed by atoms with Crippen molar-refractivity contribution in [3.05, 3.63) is 34.9 Å². The Labute approximate surface area is 137 Å². The van der Waals surface area contributed by atoms with E-state index in [0.717, 1.165) is 16.5 Å². The van der Waals surface area contributed by atoms with Crippen LogP contribution in [0.1, 0.15) is 12.5 Å². The smallest absolute Gasteiger partial charge is 0.191 e. The molecule has 0 aliphatic rings. The van der Waals surface area contributed by atoms with Gasteiger partial charge in [-0.25, -0.2) is 0 Å². The van der Waals surface area contributed by atoms with Crippen molar-refractivity contribution < 1.29 is 4.74 Å². The molecule has 0 bridgehead atoms. The summed E-state index contributed by atoms with van der Waals surface area (Å²) in [5, 5.41) is 7.22. The van der Waals surface area contributed by atoms with E-state index >= 15 is 0 Å². The highest BCUT2D eigenvalue weighted by Gasteiger charge is 2.04. The minimum Gasteiger partial charge on any atom is -0.383 e. The van der Waals surface area contributed by atoms with Gasteiger partial charge in [-0.1, -0.05) is 23.7 Å². The summed E-state index contributed by atoms with van der Waals surface area (Å²) in [6.45, 7) is 3.39. The van der Waals surface area contributed by atoms with Crippen LogP contribution in [0.25, 0.3) is 0 Å². The molecule has 0 saturated heterocycles. The fourth-order valence-corrected chi connectivity index (χ4v) is 1.63. The van der Waals surface area contributed by atoms with Gasteiger partial charge in [0.2, 0.25) is 0 Å². The summed E-state index contributed by atoms with van der Waals surface area (Å²) >= 11 is 5.83. The first-order chi connectivity index (χ1) is 8.65. The minimum atomic E-state index is 0. The maximum Gasteiger partial charge on any atom is 0.191 e. The highest BCUT2D eigenvalue weighted by atomic mass is 127. The lowest BCUT2D eigenvalue weighted by Gasteiger charge is -2.17. The van der Waals surface area contributed by atoms with Crippen molar-refractivity contribution in [2.75, 3.05) is 20.8 Å². The summed E-state index contributed by atoms with van der Waals surface area (Å²) in [6, 6.07) is 7.94. The van der Waals surface area contributed by atoms with E-state index in [1.807, 2.05) is 31.2 Å². The van der Waals surface area contributed by atoms with Crippen LogP contribution in [0.5, 0.6) is 0 Å². The second-order valence-corrected chi connectivity index (χ2v) is 4.49. The first-order valence-electron chi connectivity index (χ1n) is 5.86. The lowest BCUT2D eigenvalue weighted by molar-refractivity contribution is 0.179. The number of ether oxygens (including phenoxy) is 1. The van der Waals surface area contributed by atoms with E-state index in [0.29, 0.717) is 13.2 Å². The molecule has 6 heteroatoms. The molecule has 0 fully saturated rings. The topological polar surface area (TPSA) is 45.7 Å². The number of methoxy groups -OCH3 is 1. The molecule has 4 nitrogen and oxygen atoms in total. The Morgan fingerprint density at radius 3 is 2.53 bits per heavy atom. The van der Waals surface area contributed by atoms with Crippen LogP contribution in [0.15, 0.2) is 29.3 Å². The molecule has 1 rings (SSSR count). The summed E-state index contributed by atoms with van der Waals surface area (Å²) in [5.41, 5.74) is 1.15. The summed E-state index contributed by atoms with van der Waals surface area (Å²) in [5.74, 6) is 0.759. The third-order valence-corrected chi connectivity index (χ3v) is 2.65. The molecule has 2 N–H and O–H groups in total. The molecule has 0 heterocycles. The second-order valence-electron chi connectivity index (χ2n) is 4.05. The molecule has 1 unspecified atom stereocenters. The van der Waals surface area contributed by atoms with Crippen molar-refractivity contribution in [2.24, 2.45) is 4.99 Å². The Kier molecular flexibility index (Phi) is 9.99. The molecule has 0 radical (unpaired) electrons.